The molecule has 7 rings (SSSR count). The van der Waals surface area contributed by atoms with Gasteiger partial charge in [-0.15, -0.1) is 0 Å². The van der Waals surface area contributed by atoms with Gasteiger partial charge < -0.3 is 29.6 Å². The highest BCUT2D eigenvalue weighted by Crippen LogP contribution is 2.58. The van der Waals surface area contributed by atoms with E-state index in [1.807, 2.05) is 84.6 Å². The third-order valence-corrected chi connectivity index (χ3v) is 11.0. The SMILES string of the molecule is C[C@@H]1[C@@H](C(C)(C)O)[C@H](CC(=O)N2Cc3ccccc3C[C@H]2CO)O[C@@]12C(=O)N(Cc1cccc(N3CCCCC3=O)c1)c1ccccc12. The predicted octanol–water partition coefficient (Wildman–Crippen LogP) is 4.70. The van der Waals surface area contributed by atoms with Crippen molar-refractivity contribution in [1.29, 1.82) is 0 Å². The molecule has 2 fully saturated rings. The van der Waals surface area contributed by atoms with Gasteiger partial charge >= 0.3 is 0 Å². The number of anilines is 2. The summed E-state index contributed by atoms with van der Waals surface area (Å²) >= 11 is 0. The van der Waals surface area contributed by atoms with Crippen molar-refractivity contribution in [3.05, 3.63) is 95.1 Å². The van der Waals surface area contributed by atoms with E-state index in [9.17, 15) is 24.6 Å². The van der Waals surface area contributed by atoms with Crippen molar-refractivity contribution in [3.8, 4) is 0 Å². The number of hydrogen-bond acceptors (Lipinski definition) is 6. The predicted molar refractivity (Wildman–Crippen MR) is 182 cm³/mol. The Labute approximate surface area is 282 Å². The van der Waals surface area contributed by atoms with Gasteiger partial charge in [0.15, 0.2) is 5.60 Å². The Bertz CT molecular complexity index is 1730. The van der Waals surface area contributed by atoms with E-state index in [1.165, 1.54) is 0 Å². The van der Waals surface area contributed by atoms with Crippen LogP contribution in [0.25, 0.3) is 0 Å². The van der Waals surface area contributed by atoms with E-state index in [4.69, 9.17) is 4.74 Å². The first-order valence-corrected chi connectivity index (χ1v) is 17.2. The zero-order valence-electron chi connectivity index (χ0n) is 28.0. The summed E-state index contributed by atoms with van der Waals surface area (Å²) in [5.74, 6) is -1.27. The number of aliphatic hydroxyl groups is 2. The number of aliphatic hydroxyl groups excluding tert-OH is 1. The van der Waals surface area contributed by atoms with E-state index in [2.05, 4.69) is 0 Å². The lowest BCUT2D eigenvalue weighted by Gasteiger charge is -2.38. The van der Waals surface area contributed by atoms with Gasteiger partial charge in [0.25, 0.3) is 5.91 Å². The molecule has 0 bridgehead atoms. The van der Waals surface area contributed by atoms with Crippen LogP contribution >= 0.6 is 0 Å². The Balaban J connectivity index is 1.19. The molecule has 0 unspecified atom stereocenters. The summed E-state index contributed by atoms with van der Waals surface area (Å²) in [6.07, 6.45) is 2.20. The number of ether oxygens (including phenoxy) is 1. The lowest BCUT2D eigenvalue weighted by molar-refractivity contribution is -0.151. The molecule has 0 aromatic heterocycles. The largest absolute Gasteiger partial charge is 0.394 e. The van der Waals surface area contributed by atoms with Crippen molar-refractivity contribution in [2.24, 2.45) is 11.8 Å². The highest BCUT2D eigenvalue weighted by atomic mass is 16.5. The highest BCUT2D eigenvalue weighted by molar-refractivity contribution is 6.07. The van der Waals surface area contributed by atoms with Crippen LogP contribution in [0, 0.1) is 11.8 Å². The number of nitrogens with zero attached hydrogens (tertiary/aromatic N) is 3. The molecule has 2 saturated heterocycles. The summed E-state index contributed by atoms with van der Waals surface area (Å²) in [6.45, 7) is 6.58. The molecule has 2 N–H and O–H groups in total. The molecule has 0 saturated carbocycles. The van der Waals surface area contributed by atoms with Crippen LogP contribution < -0.4 is 9.80 Å². The van der Waals surface area contributed by atoms with E-state index < -0.39 is 29.1 Å². The second kappa shape index (κ2) is 12.4. The molecule has 9 heteroatoms. The van der Waals surface area contributed by atoms with Crippen molar-refractivity contribution >= 4 is 29.1 Å². The van der Waals surface area contributed by atoms with Crippen molar-refractivity contribution in [2.45, 2.75) is 89.3 Å². The van der Waals surface area contributed by atoms with Gasteiger partial charge in [0.1, 0.15) is 0 Å². The minimum Gasteiger partial charge on any atom is -0.394 e. The Morgan fingerprint density at radius 3 is 2.50 bits per heavy atom. The number of hydrogen-bond donors (Lipinski definition) is 2. The number of carbonyl (C=O) groups is 3. The molecule has 5 atom stereocenters. The minimum absolute atomic E-state index is 0.0270. The van der Waals surface area contributed by atoms with Crippen molar-refractivity contribution < 1.29 is 29.3 Å². The maximum absolute atomic E-state index is 14.8. The van der Waals surface area contributed by atoms with Gasteiger partial charge in [0.05, 0.1) is 43.0 Å². The fraction of sp³-hybridized carbons (Fsp3) is 0.462. The molecule has 4 aliphatic heterocycles. The zero-order valence-corrected chi connectivity index (χ0v) is 28.0. The fourth-order valence-corrected chi connectivity index (χ4v) is 8.80. The summed E-state index contributed by atoms with van der Waals surface area (Å²) in [6, 6.07) is 23.1. The second-order valence-electron chi connectivity index (χ2n) is 14.5. The maximum atomic E-state index is 14.8. The topological polar surface area (TPSA) is 111 Å². The molecule has 3 aromatic rings. The minimum atomic E-state index is -1.39. The maximum Gasteiger partial charge on any atom is 0.264 e. The van der Waals surface area contributed by atoms with Crippen LogP contribution in [0.3, 0.4) is 0 Å². The third-order valence-electron chi connectivity index (χ3n) is 11.0. The summed E-state index contributed by atoms with van der Waals surface area (Å²) in [5.41, 5.74) is 2.73. The van der Waals surface area contributed by atoms with E-state index >= 15 is 0 Å². The lowest BCUT2D eigenvalue weighted by atomic mass is 9.70. The highest BCUT2D eigenvalue weighted by Gasteiger charge is 2.66. The van der Waals surface area contributed by atoms with Gasteiger partial charge in [0.2, 0.25) is 11.8 Å². The van der Waals surface area contributed by atoms with E-state index in [1.54, 1.807) is 23.6 Å². The monoisotopic (exact) mass is 651 g/mol. The van der Waals surface area contributed by atoms with Crippen LogP contribution in [0.1, 0.15) is 68.7 Å². The number of piperidine rings is 1. The molecular formula is C39H45N3O6. The summed E-state index contributed by atoms with van der Waals surface area (Å²) in [5, 5.41) is 21.8. The summed E-state index contributed by atoms with van der Waals surface area (Å²) in [7, 11) is 0. The van der Waals surface area contributed by atoms with E-state index in [0.717, 1.165) is 46.5 Å². The average molecular weight is 652 g/mol. The Hall–Kier alpha value is -4.05. The standard InChI is InChI=1S/C39H45N3O6/c1-25-36(38(2,3)47)33(21-35(45)41-23-28-13-5-4-12-27(28)20-30(41)24-43)48-39(25)31-15-6-7-16-32(31)42(37(39)46)22-26-11-10-14-29(19-26)40-18-9-8-17-34(40)44/h4-7,10-16,19,25,30,33,36,43,47H,8-9,17-18,20-24H2,1-3H3/t25-,30+,33+,36-,39+/m1/s1. The van der Waals surface area contributed by atoms with Crippen molar-refractivity contribution in [2.75, 3.05) is 23.0 Å². The fourth-order valence-electron chi connectivity index (χ4n) is 8.80. The first-order valence-electron chi connectivity index (χ1n) is 17.2. The zero-order chi connectivity index (χ0) is 33.8. The first-order chi connectivity index (χ1) is 23.0. The Kier molecular flexibility index (Phi) is 8.42. The van der Waals surface area contributed by atoms with E-state index in [0.29, 0.717) is 25.9 Å². The Morgan fingerprint density at radius 2 is 1.75 bits per heavy atom. The molecule has 252 valence electrons. The van der Waals surface area contributed by atoms with Gasteiger partial charge in [-0.05, 0) is 68.0 Å². The smallest absolute Gasteiger partial charge is 0.264 e. The molecule has 0 radical (unpaired) electrons. The molecular weight excluding hydrogens is 606 g/mol. The third kappa shape index (κ3) is 5.42. The van der Waals surface area contributed by atoms with Crippen LogP contribution in [0.2, 0.25) is 0 Å². The van der Waals surface area contributed by atoms with Crippen molar-refractivity contribution in [1.82, 2.24) is 4.90 Å². The molecule has 4 heterocycles. The van der Waals surface area contributed by atoms with Gasteiger partial charge in [-0.25, -0.2) is 0 Å². The number of carbonyl (C=O) groups excluding carboxylic acids is 3. The first kappa shape index (κ1) is 32.5. The molecule has 3 aromatic carbocycles. The van der Waals surface area contributed by atoms with Gasteiger partial charge in [-0.2, -0.15) is 0 Å². The molecule has 0 aliphatic carbocycles. The van der Waals surface area contributed by atoms with Crippen LogP contribution in [0.4, 0.5) is 11.4 Å². The molecule has 9 nitrogen and oxygen atoms in total. The number of fused-ring (bicyclic) bond motifs is 3. The number of rotatable bonds is 7. The van der Waals surface area contributed by atoms with Crippen molar-refractivity contribution in [3.63, 3.8) is 0 Å². The molecule has 1 spiro atoms. The van der Waals surface area contributed by atoms with Crippen LogP contribution in [0.15, 0.2) is 72.8 Å². The van der Waals surface area contributed by atoms with E-state index in [-0.39, 0.29) is 43.3 Å². The normalized spacial score (nSPS) is 27.1. The van der Waals surface area contributed by atoms with Gasteiger partial charge in [0, 0.05) is 42.6 Å². The van der Waals surface area contributed by atoms with Crippen LogP contribution in [0.5, 0.6) is 0 Å². The lowest BCUT2D eigenvalue weighted by Crippen LogP contribution is -2.48. The molecule has 3 amide bonds. The Morgan fingerprint density at radius 1 is 1.00 bits per heavy atom. The quantitative estimate of drug-likeness (QED) is 0.383. The molecule has 4 aliphatic rings. The van der Waals surface area contributed by atoms with Gasteiger partial charge in [-0.3, -0.25) is 14.4 Å². The summed E-state index contributed by atoms with van der Waals surface area (Å²) < 4.78 is 6.89. The second-order valence-corrected chi connectivity index (χ2v) is 14.5. The van der Waals surface area contributed by atoms with Crippen LogP contribution in [-0.2, 0) is 44.2 Å². The number of benzene rings is 3. The number of para-hydroxylation sites is 1. The van der Waals surface area contributed by atoms with Gasteiger partial charge in [-0.1, -0.05) is 61.5 Å². The molecule has 48 heavy (non-hydrogen) atoms. The summed E-state index contributed by atoms with van der Waals surface area (Å²) in [4.78, 5) is 46.8. The van der Waals surface area contributed by atoms with Crippen LogP contribution in [-0.4, -0.2) is 63.7 Å². The number of amides is 3. The average Bonchev–Trinajstić information content (AvgIpc) is 3.50.